The minimum Gasteiger partial charge on any atom is -0.473 e. The van der Waals surface area contributed by atoms with E-state index in [1.54, 1.807) is 18.2 Å². The third kappa shape index (κ3) is 3.93. The number of aromatic nitrogens is 3. The highest BCUT2D eigenvalue weighted by molar-refractivity contribution is 5.48. The Kier molecular flexibility index (Phi) is 5.06. The maximum Gasteiger partial charge on any atom is 0.352 e. The predicted octanol–water partition coefficient (Wildman–Crippen LogP) is 3.14. The number of fused-ring (bicyclic) bond motifs is 1. The smallest absolute Gasteiger partial charge is 0.352 e. The number of ether oxygens (including phenoxy) is 2. The summed E-state index contributed by atoms with van der Waals surface area (Å²) in [4.78, 5) is 20.1. The molecule has 0 unspecified atom stereocenters. The van der Waals surface area contributed by atoms with Gasteiger partial charge in [0, 0.05) is 24.3 Å². The van der Waals surface area contributed by atoms with Crippen LogP contribution in [-0.2, 0) is 13.2 Å². The molecule has 30 heavy (non-hydrogen) atoms. The van der Waals surface area contributed by atoms with Crippen molar-refractivity contribution in [3.05, 3.63) is 69.7 Å². The Morgan fingerprint density at radius 1 is 1.37 bits per heavy atom. The number of aryl methyl sites for hydroxylation is 1. The number of hydrogen-bond acceptors (Lipinski definition) is 7. The van der Waals surface area contributed by atoms with Gasteiger partial charge in [0.15, 0.2) is 11.6 Å². The Morgan fingerprint density at radius 2 is 2.20 bits per heavy atom. The van der Waals surface area contributed by atoms with Gasteiger partial charge in [0.1, 0.15) is 24.2 Å². The molecule has 4 rings (SSSR count). The largest absolute Gasteiger partial charge is 0.473 e. The predicted molar refractivity (Wildman–Crippen MR) is 106 cm³/mol. The van der Waals surface area contributed by atoms with Crippen molar-refractivity contribution >= 4 is 5.82 Å². The fourth-order valence-electron chi connectivity index (χ4n) is 3.14. The second kappa shape index (κ2) is 7.83. The molecule has 0 aliphatic carbocycles. The highest BCUT2D eigenvalue weighted by atomic mass is 19.1. The molecule has 0 saturated heterocycles. The van der Waals surface area contributed by atoms with Crippen LogP contribution >= 0.6 is 0 Å². The summed E-state index contributed by atoms with van der Waals surface area (Å²) in [6.45, 7) is 4.25. The van der Waals surface area contributed by atoms with Gasteiger partial charge in [-0.05, 0) is 43.7 Å². The van der Waals surface area contributed by atoms with E-state index in [1.807, 2.05) is 19.9 Å². The first-order valence-electron chi connectivity index (χ1n) is 9.27. The minimum atomic E-state index is -0.703. The summed E-state index contributed by atoms with van der Waals surface area (Å²) in [5.41, 5.74) is 0.799. The van der Waals surface area contributed by atoms with Gasteiger partial charge in [-0.25, -0.2) is 9.18 Å². The first-order chi connectivity index (χ1) is 14.4. The lowest BCUT2D eigenvalue weighted by molar-refractivity contribution is 0.290. The monoisotopic (exact) mass is 407 g/mol. The number of anilines is 1. The zero-order chi connectivity index (χ0) is 21.3. The maximum absolute atomic E-state index is 14.6. The molecule has 1 aromatic carbocycles. The van der Waals surface area contributed by atoms with Crippen molar-refractivity contribution in [3.63, 3.8) is 0 Å². The van der Waals surface area contributed by atoms with E-state index in [1.165, 1.54) is 22.9 Å². The van der Waals surface area contributed by atoms with Gasteiger partial charge in [0.05, 0.1) is 11.8 Å². The molecular weight excluding hydrogens is 389 g/mol. The highest BCUT2D eigenvalue weighted by Gasteiger charge is 2.20. The summed E-state index contributed by atoms with van der Waals surface area (Å²) in [5, 5.41) is 12.6. The van der Waals surface area contributed by atoms with Gasteiger partial charge in [-0.15, -0.1) is 0 Å². The summed E-state index contributed by atoms with van der Waals surface area (Å²) in [7, 11) is 0. The molecule has 1 aliphatic heterocycles. The van der Waals surface area contributed by atoms with Crippen LogP contribution < -0.4 is 20.5 Å². The Morgan fingerprint density at radius 3 is 2.93 bits per heavy atom. The van der Waals surface area contributed by atoms with Crippen LogP contribution in [0.3, 0.4) is 0 Å². The van der Waals surface area contributed by atoms with E-state index in [-0.39, 0.29) is 29.8 Å². The van der Waals surface area contributed by atoms with Gasteiger partial charge in [-0.2, -0.15) is 10.2 Å². The standard InChI is InChI=1S/C21H18FN5O3/c1-12-3-4-16(9-24-12)30-20-15(8-23)5-14(6-17(20)22)11-29-19-7-18-25-13(2)10-27(18)21(28)26-19/h3-7,9,13,25H,10-11H2,1-2H3/t13-/m1/s1. The van der Waals surface area contributed by atoms with E-state index in [9.17, 15) is 14.4 Å². The molecule has 0 amide bonds. The lowest BCUT2D eigenvalue weighted by Gasteiger charge is -2.11. The zero-order valence-corrected chi connectivity index (χ0v) is 16.3. The van der Waals surface area contributed by atoms with E-state index >= 15 is 0 Å². The van der Waals surface area contributed by atoms with E-state index in [0.717, 1.165) is 5.69 Å². The molecule has 1 N–H and O–H groups in total. The van der Waals surface area contributed by atoms with Gasteiger partial charge in [0.25, 0.3) is 0 Å². The van der Waals surface area contributed by atoms with Crippen LogP contribution in [0.2, 0.25) is 0 Å². The number of halogens is 1. The molecule has 1 aliphatic rings. The number of nitriles is 1. The summed E-state index contributed by atoms with van der Waals surface area (Å²) < 4.78 is 27.3. The van der Waals surface area contributed by atoms with Gasteiger partial charge >= 0.3 is 5.69 Å². The summed E-state index contributed by atoms with van der Waals surface area (Å²) in [6, 6.07) is 9.74. The van der Waals surface area contributed by atoms with E-state index in [2.05, 4.69) is 15.3 Å². The molecule has 1 atom stereocenters. The molecule has 0 saturated carbocycles. The second-order valence-electron chi connectivity index (χ2n) is 7.01. The van der Waals surface area contributed by atoms with Gasteiger partial charge < -0.3 is 14.8 Å². The Bertz CT molecular complexity index is 1200. The third-order valence-electron chi connectivity index (χ3n) is 4.55. The molecule has 8 nitrogen and oxygen atoms in total. The molecule has 152 valence electrons. The second-order valence-corrected chi connectivity index (χ2v) is 7.01. The number of nitrogens with zero attached hydrogens (tertiary/aromatic N) is 4. The lowest BCUT2D eigenvalue weighted by atomic mass is 10.1. The van der Waals surface area contributed by atoms with Crippen LogP contribution in [0.4, 0.5) is 10.2 Å². The molecule has 3 heterocycles. The van der Waals surface area contributed by atoms with Gasteiger partial charge in [-0.3, -0.25) is 9.55 Å². The SMILES string of the molecule is Cc1ccc(Oc2c(F)cc(COc3cc4n(c(=O)n3)C[C@@H](C)N4)cc2C#N)cn1. The molecule has 2 aromatic heterocycles. The topological polar surface area (TPSA) is 102 Å². The molecular formula is C21H18FN5O3. The average Bonchev–Trinajstić information content (AvgIpc) is 3.10. The van der Waals surface area contributed by atoms with Crippen LogP contribution in [0.15, 0.2) is 41.3 Å². The van der Waals surface area contributed by atoms with Crippen molar-refractivity contribution in [2.75, 3.05) is 5.32 Å². The lowest BCUT2D eigenvalue weighted by Crippen LogP contribution is -2.22. The van der Waals surface area contributed by atoms with Crippen LogP contribution in [0.1, 0.15) is 23.7 Å². The van der Waals surface area contributed by atoms with E-state index in [4.69, 9.17) is 9.47 Å². The van der Waals surface area contributed by atoms with Crippen molar-refractivity contribution in [3.8, 4) is 23.4 Å². The zero-order valence-electron chi connectivity index (χ0n) is 16.3. The summed E-state index contributed by atoms with van der Waals surface area (Å²) in [5.74, 6) is 0.184. The summed E-state index contributed by atoms with van der Waals surface area (Å²) >= 11 is 0. The first kappa shape index (κ1) is 19.4. The van der Waals surface area contributed by atoms with Crippen molar-refractivity contribution in [2.24, 2.45) is 0 Å². The molecule has 0 fully saturated rings. The van der Waals surface area contributed by atoms with E-state index in [0.29, 0.717) is 23.7 Å². The van der Waals surface area contributed by atoms with Crippen LogP contribution in [-0.4, -0.2) is 20.6 Å². The van der Waals surface area contributed by atoms with Crippen molar-refractivity contribution < 1.29 is 13.9 Å². The molecule has 0 radical (unpaired) electrons. The fraction of sp³-hybridized carbons (Fsp3) is 0.238. The van der Waals surface area contributed by atoms with Crippen LogP contribution in [0.25, 0.3) is 0 Å². The first-order valence-corrected chi connectivity index (χ1v) is 9.27. The summed E-state index contributed by atoms with van der Waals surface area (Å²) in [6.07, 6.45) is 1.46. The number of nitrogens with one attached hydrogen (secondary N) is 1. The normalized spacial score (nSPS) is 14.5. The molecule has 9 heteroatoms. The number of benzene rings is 1. The third-order valence-corrected chi connectivity index (χ3v) is 4.55. The highest BCUT2D eigenvalue weighted by Crippen LogP contribution is 2.29. The van der Waals surface area contributed by atoms with Crippen LogP contribution in [0.5, 0.6) is 17.4 Å². The Hall–Kier alpha value is -3.93. The number of pyridine rings is 1. The van der Waals surface area contributed by atoms with Crippen molar-refractivity contribution in [1.82, 2.24) is 14.5 Å². The van der Waals surface area contributed by atoms with Crippen LogP contribution in [0, 0.1) is 24.1 Å². The van der Waals surface area contributed by atoms with Gasteiger partial charge in [0.2, 0.25) is 5.88 Å². The molecule has 0 spiro atoms. The Labute approximate surface area is 171 Å². The maximum atomic E-state index is 14.6. The van der Waals surface area contributed by atoms with Crippen molar-refractivity contribution in [2.45, 2.75) is 33.0 Å². The quantitative estimate of drug-likeness (QED) is 0.693. The average molecular weight is 407 g/mol. The van der Waals surface area contributed by atoms with Crippen molar-refractivity contribution in [1.29, 1.82) is 5.26 Å². The van der Waals surface area contributed by atoms with Gasteiger partial charge in [-0.1, -0.05) is 0 Å². The van der Waals surface area contributed by atoms with E-state index < -0.39 is 11.5 Å². The minimum absolute atomic E-state index is 0.0200. The molecule has 0 bridgehead atoms. The molecule has 3 aromatic rings. The fourth-order valence-corrected chi connectivity index (χ4v) is 3.14. The number of hydrogen-bond donors (Lipinski definition) is 1. The Balaban J connectivity index is 1.53. The number of rotatable bonds is 5.